The minimum atomic E-state index is -4.57. The largest absolute Gasteiger partial charge is 0.433 e. The van der Waals surface area contributed by atoms with Crippen LogP contribution < -0.4 is 0 Å². The molecule has 0 atom stereocenters. The fraction of sp³-hybridized carbons (Fsp3) is 0.364. The lowest BCUT2D eigenvalue weighted by Gasteiger charge is -2.10. The Morgan fingerprint density at radius 1 is 1.13 bits per heavy atom. The van der Waals surface area contributed by atoms with Gasteiger partial charge in [0.2, 0.25) is 0 Å². The van der Waals surface area contributed by atoms with Crippen molar-refractivity contribution in [1.82, 2.24) is 0 Å². The molecule has 0 aliphatic heterocycles. The van der Waals surface area contributed by atoms with E-state index in [9.17, 15) is 13.2 Å². The lowest BCUT2D eigenvalue weighted by Crippen LogP contribution is -2.22. The van der Waals surface area contributed by atoms with Gasteiger partial charge in [-0.25, -0.2) is 0 Å². The molecular weight excluding hydrogens is 203 g/mol. The van der Waals surface area contributed by atoms with Gasteiger partial charge in [0.05, 0.1) is 0 Å². The van der Waals surface area contributed by atoms with Gasteiger partial charge in [-0.3, -0.25) is 5.41 Å². The number of alkyl halides is 3. The lowest BCUT2D eigenvalue weighted by atomic mass is 10.0. The first-order chi connectivity index (χ1) is 6.82. The zero-order chi connectivity index (χ0) is 11.6. The summed E-state index contributed by atoms with van der Waals surface area (Å²) in [7, 11) is 0. The zero-order valence-corrected chi connectivity index (χ0v) is 8.52. The van der Waals surface area contributed by atoms with E-state index in [0.717, 1.165) is 5.56 Å². The van der Waals surface area contributed by atoms with E-state index in [4.69, 9.17) is 5.41 Å². The van der Waals surface area contributed by atoms with E-state index in [2.05, 4.69) is 0 Å². The highest BCUT2D eigenvalue weighted by Crippen LogP contribution is 2.22. The van der Waals surface area contributed by atoms with Crippen molar-refractivity contribution in [2.75, 3.05) is 0 Å². The van der Waals surface area contributed by atoms with Crippen LogP contribution in [0.15, 0.2) is 24.3 Å². The third kappa shape index (κ3) is 2.81. The third-order valence-electron chi connectivity index (χ3n) is 2.15. The molecular formula is C11H12F3N. The Kier molecular flexibility index (Phi) is 3.17. The zero-order valence-electron chi connectivity index (χ0n) is 8.52. The van der Waals surface area contributed by atoms with Crippen LogP contribution in [0, 0.1) is 5.41 Å². The molecule has 0 unspecified atom stereocenters. The van der Waals surface area contributed by atoms with Crippen molar-refractivity contribution in [2.45, 2.75) is 25.9 Å². The SMILES string of the molecule is CC(C)c1ccc(C(=N)C(F)(F)F)cc1. The lowest BCUT2D eigenvalue weighted by molar-refractivity contribution is -0.0587. The molecule has 82 valence electrons. The summed E-state index contributed by atoms with van der Waals surface area (Å²) in [6.45, 7) is 3.92. The van der Waals surface area contributed by atoms with Crippen LogP contribution in [0.5, 0.6) is 0 Å². The van der Waals surface area contributed by atoms with Gasteiger partial charge >= 0.3 is 6.18 Å². The molecule has 0 bridgehead atoms. The molecule has 0 aromatic heterocycles. The van der Waals surface area contributed by atoms with E-state index in [1.807, 2.05) is 13.8 Å². The smallest absolute Gasteiger partial charge is 0.296 e. The molecule has 15 heavy (non-hydrogen) atoms. The molecule has 0 aliphatic rings. The molecule has 0 spiro atoms. The van der Waals surface area contributed by atoms with Gasteiger partial charge < -0.3 is 0 Å². The van der Waals surface area contributed by atoms with Gasteiger partial charge in [0.1, 0.15) is 5.71 Å². The van der Waals surface area contributed by atoms with E-state index >= 15 is 0 Å². The molecule has 1 rings (SSSR count). The first-order valence-corrected chi connectivity index (χ1v) is 4.58. The summed E-state index contributed by atoms with van der Waals surface area (Å²) in [5.41, 5.74) is -0.418. The molecule has 1 aromatic rings. The Morgan fingerprint density at radius 3 is 1.93 bits per heavy atom. The normalized spacial score (nSPS) is 11.9. The van der Waals surface area contributed by atoms with Gasteiger partial charge in [-0.15, -0.1) is 0 Å². The summed E-state index contributed by atoms with van der Waals surface area (Å²) in [4.78, 5) is 0. The van der Waals surface area contributed by atoms with Crippen LogP contribution in [0.1, 0.15) is 30.9 Å². The van der Waals surface area contributed by atoms with E-state index < -0.39 is 11.9 Å². The van der Waals surface area contributed by atoms with Crippen molar-refractivity contribution in [3.05, 3.63) is 35.4 Å². The second-order valence-corrected chi connectivity index (χ2v) is 3.65. The summed E-state index contributed by atoms with van der Waals surface area (Å²) >= 11 is 0. The molecule has 0 amide bonds. The molecule has 1 N–H and O–H groups in total. The standard InChI is InChI=1S/C11H12F3N/c1-7(2)8-3-5-9(6-4-8)10(15)11(12,13)14/h3-7,15H,1-2H3. The minimum absolute atomic E-state index is 0.0908. The van der Waals surface area contributed by atoms with Crippen LogP contribution in [-0.2, 0) is 0 Å². The van der Waals surface area contributed by atoms with E-state index in [1.54, 1.807) is 12.1 Å². The molecule has 0 radical (unpaired) electrons. The molecule has 4 heteroatoms. The number of rotatable bonds is 2. The molecule has 0 fully saturated rings. The Bertz CT molecular complexity index is 349. The van der Waals surface area contributed by atoms with Gasteiger partial charge in [-0.1, -0.05) is 38.1 Å². The number of nitrogens with one attached hydrogen (secondary N) is 1. The summed E-state index contributed by atoms with van der Waals surface area (Å²) in [5, 5.41) is 6.93. The molecule has 0 saturated carbocycles. The minimum Gasteiger partial charge on any atom is -0.296 e. The van der Waals surface area contributed by atoms with Crippen molar-refractivity contribution >= 4 is 5.71 Å². The first kappa shape index (κ1) is 11.8. The number of hydrogen-bond acceptors (Lipinski definition) is 1. The maximum Gasteiger partial charge on any atom is 0.433 e. The van der Waals surface area contributed by atoms with Gasteiger partial charge in [0.25, 0.3) is 0 Å². The van der Waals surface area contributed by atoms with E-state index in [-0.39, 0.29) is 11.5 Å². The molecule has 0 aliphatic carbocycles. The van der Waals surface area contributed by atoms with Crippen molar-refractivity contribution < 1.29 is 13.2 Å². The topological polar surface area (TPSA) is 23.9 Å². The number of hydrogen-bond donors (Lipinski definition) is 1. The van der Waals surface area contributed by atoms with Gasteiger partial charge in [-0.2, -0.15) is 13.2 Å². The van der Waals surface area contributed by atoms with Gasteiger partial charge in [0, 0.05) is 5.56 Å². The van der Waals surface area contributed by atoms with Crippen LogP contribution in [0.4, 0.5) is 13.2 Å². The average molecular weight is 215 g/mol. The summed E-state index contributed by atoms with van der Waals surface area (Å²) in [6.07, 6.45) is -4.57. The van der Waals surface area contributed by atoms with Crippen molar-refractivity contribution in [3.8, 4) is 0 Å². The molecule has 1 aromatic carbocycles. The first-order valence-electron chi connectivity index (χ1n) is 4.58. The predicted octanol–water partition coefficient (Wildman–Crippen LogP) is 3.74. The van der Waals surface area contributed by atoms with Crippen LogP contribution >= 0.6 is 0 Å². The maximum atomic E-state index is 12.2. The van der Waals surface area contributed by atoms with Crippen molar-refractivity contribution in [3.63, 3.8) is 0 Å². The Hall–Kier alpha value is -1.32. The van der Waals surface area contributed by atoms with Crippen molar-refractivity contribution in [1.29, 1.82) is 5.41 Å². The van der Waals surface area contributed by atoms with Crippen LogP contribution in [0.2, 0.25) is 0 Å². The Morgan fingerprint density at radius 2 is 1.60 bits per heavy atom. The van der Waals surface area contributed by atoms with Crippen molar-refractivity contribution in [2.24, 2.45) is 0 Å². The van der Waals surface area contributed by atoms with Crippen LogP contribution in [0.25, 0.3) is 0 Å². The van der Waals surface area contributed by atoms with Crippen LogP contribution in [0.3, 0.4) is 0 Å². The van der Waals surface area contributed by atoms with Gasteiger partial charge in [0.15, 0.2) is 0 Å². The monoisotopic (exact) mass is 215 g/mol. The fourth-order valence-electron chi connectivity index (χ4n) is 1.20. The number of halogens is 3. The van der Waals surface area contributed by atoms with Crippen LogP contribution in [-0.4, -0.2) is 11.9 Å². The Balaban J connectivity index is 2.95. The molecule has 0 heterocycles. The summed E-state index contributed by atoms with van der Waals surface area (Å²) in [5.74, 6) is 0.277. The highest BCUT2D eigenvalue weighted by Gasteiger charge is 2.35. The average Bonchev–Trinajstić information content (AvgIpc) is 2.15. The summed E-state index contributed by atoms with van der Waals surface area (Å²) in [6, 6.07) is 5.93. The van der Waals surface area contributed by atoms with E-state index in [1.165, 1.54) is 12.1 Å². The highest BCUT2D eigenvalue weighted by molar-refractivity contribution is 6.02. The molecule has 0 saturated heterocycles. The highest BCUT2D eigenvalue weighted by atomic mass is 19.4. The second kappa shape index (κ2) is 4.04. The van der Waals surface area contributed by atoms with E-state index in [0.29, 0.717) is 0 Å². The fourth-order valence-corrected chi connectivity index (χ4v) is 1.20. The maximum absolute atomic E-state index is 12.2. The third-order valence-corrected chi connectivity index (χ3v) is 2.15. The quantitative estimate of drug-likeness (QED) is 0.726. The number of benzene rings is 1. The van der Waals surface area contributed by atoms with Gasteiger partial charge in [-0.05, 0) is 11.5 Å². The predicted molar refractivity (Wildman–Crippen MR) is 53.4 cm³/mol. The Labute approximate surface area is 86.4 Å². The second-order valence-electron chi connectivity index (χ2n) is 3.65. The summed E-state index contributed by atoms with van der Waals surface area (Å²) < 4.78 is 36.5. The molecule has 1 nitrogen and oxygen atoms in total.